The van der Waals surface area contributed by atoms with E-state index in [1.54, 1.807) is 0 Å². The van der Waals surface area contributed by atoms with Gasteiger partial charge in [0.25, 0.3) is 5.91 Å². The molecule has 2 heterocycles. The second kappa shape index (κ2) is 8.41. The normalized spacial score (nSPS) is 17.9. The fourth-order valence-corrected chi connectivity index (χ4v) is 3.56. The molecule has 25 heavy (non-hydrogen) atoms. The van der Waals surface area contributed by atoms with Crippen molar-refractivity contribution in [3.63, 3.8) is 0 Å². The highest BCUT2D eigenvalue weighted by molar-refractivity contribution is 6.05. The molecule has 1 saturated heterocycles. The summed E-state index contributed by atoms with van der Waals surface area (Å²) in [4.78, 5) is 19.4. The number of carbonyl (C=O) groups excluding carboxylic acids is 1. The minimum atomic E-state index is -0.0573. The Labute approximate surface area is 149 Å². The number of fused-ring (bicyclic) bond motifs is 1. The molecule has 1 aliphatic heterocycles. The van der Waals surface area contributed by atoms with Crippen LogP contribution in [0.15, 0.2) is 30.3 Å². The number of aliphatic hydroxyl groups excluding tert-OH is 1. The Morgan fingerprint density at radius 2 is 2.20 bits per heavy atom. The summed E-state index contributed by atoms with van der Waals surface area (Å²) in [5, 5.41) is 13.3. The predicted octanol–water partition coefficient (Wildman–Crippen LogP) is 2.51. The molecule has 1 atom stereocenters. The highest BCUT2D eigenvalue weighted by Gasteiger charge is 2.22. The van der Waals surface area contributed by atoms with Crippen molar-refractivity contribution < 1.29 is 9.90 Å². The zero-order valence-corrected chi connectivity index (χ0v) is 14.9. The number of nitrogens with one attached hydrogen (secondary N) is 1. The molecule has 1 unspecified atom stereocenters. The third-order valence-corrected chi connectivity index (χ3v) is 4.97. The summed E-state index contributed by atoms with van der Waals surface area (Å²) in [7, 11) is 0. The Morgan fingerprint density at radius 1 is 1.32 bits per heavy atom. The Morgan fingerprint density at radius 3 is 3.04 bits per heavy atom. The van der Waals surface area contributed by atoms with Crippen LogP contribution in [0.4, 0.5) is 0 Å². The Balaban J connectivity index is 1.49. The van der Waals surface area contributed by atoms with Gasteiger partial charge in [-0.25, -0.2) is 0 Å². The zero-order chi connectivity index (χ0) is 17.6. The van der Waals surface area contributed by atoms with Crippen molar-refractivity contribution in [2.75, 3.05) is 26.2 Å². The number of hydrogen-bond acceptors (Lipinski definition) is 4. The Bertz CT molecular complexity index is 732. The highest BCUT2D eigenvalue weighted by atomic mass is 16.3. The van der Waals surface area contributed by atoms with Gasteiger partial charge in [-0.15, -0.1) is 0 Å². The number of aryl methyl sites for hydroxylation is 1. The minimum Gasteiger partial charge on any atom is -0.395 e. The number of pyridine rings is 1. The van der Waals surface area contributed by atoms with E-state index in [0.29, 0.717) is 18.2 Å². The third-order valence-electron chi connectivity index (χ3n) is 4.97. The molecule has 1 aromatic heterocycles. The van der Waals surface area contributed by atoms with Crippen molar-refractivity contribution in [1.82, 2.24) is 15.2 Å². The molecule has 5 heteroatoms. The molecule has 0 radical (unpaired) electrons. The summed E-state index contributed by atoms with van der Waals surface area (Å²) in [5.41, 5.74) is 2.32. The number of nitrogens with zero attached hydrogens (tertiary/aromatic N) is 2. The van der Waals surface area contributed by atoms with Gasteiger partial charge >= 0.3 is 0 Å². The Hall–Kier alpha value is -1.98. The lowest BCUT2D eigenvalue weighted by atomic mass is 10.1. The average molecular weight is 341 g/mol. The molecule has 1 amide bonds. The number of carbonyl (C=O) groups is 1. The molecular weight excluding hydrogens is 314 g/mol. The summed E-state index contributed by atoms with van der Waals surface area (Å²) in [6.07, 6.45) is 4.25. The average Bonchev–Trinajstić information content (AvgIpc) is 3.08. The molecule has 1 aliphatic rings. The molecule has 3 rings (SSSR count). The highest BCUT2D eigenvalue weighted by Crippen LogP contribution is 2.18. The maximum atomic E-state index is 12.5. The molecule has 0 spiro atoms. The van der Waals surface area contributed by atoms with Crippen LogP contribution < -0.4 is 5.32 Å². The second-order valence-corrected chi connectivity index (χ2v) is 6.81. The van der Waals surface area contributed by atoms with E-state index >= 15 is 0 Å². The van der Waals surface area contributed by atoms with Crippen LogP contribution >= 0.6 is 0 Å². The van der Waals surface area contributed by atoms with Crippen LogP contribution in [-0.4, -0.2) is 53.2 Å². The number of para-hydroxylation sites is 1. The van der Waals surface area contributed by atoms with Gasteiger partial charge in [0, 0.05) is 23.7 Å². The van der Waals surface area contributed by atoms with Gasteiger partial charge in [-0.05, 0) is 57.8 Å². The first kappa shape index (κ1) is 17.8. The van der Waals surface area contributed by atoms with E-state index in [-0.39, 0.29) is 12.5 Å². The number of unbranched alkanes of at least 4 members (excludes halogenated alkanes) is 1. The van der Waals surface area contributed by atoms with Crippen molar-refractivity contribution >= 4 is 16.8 Å². The van der Waals surface area contributed by atoms with Gasteiger partial charge in [0.15, 0.2) is 0 Å². The van der Waals surface area contributed by atoms with Gasteiger partial charge in [-0.2, -0.15) is 0 Å². The molecule has 5 nitrogen and oxygen atoms in total. The first-order chi connectivity index (χ1) is 12.2. The van der Waals surface area contributed by atoms with E-state index in [1.807, 2.05) is 37.3 Å². The van der Waals surface area contributed by atoms with Crippen LogP contribution in [0.5, 0.6) is 0 Å². The quantitative estimate of drug-likeness (QED) is 0.760. The first-order valence-electron chi connectivity index (χ1n) is 9.18. The van der Waals surface area contributed by atoms with Gasteiger partial charge in [-0.1, -0.05) is 18.2 Å². The first-order valence-corrected chi connectivity index (χ1v) is 9.18. The molecular formula is C20H27N3O2. The van der Waals surface area contributed by atoms with Crippen molar-refractivity contribution in [1.29, 1.82) is 0 Å². The SMILES string of the molecule is Cc1ccc2cccc(C(=O)NCCCCN3CCCC3CO)c2n1. The predicted molar refractivity (Wildman–Crippen MR) is 99.7 cm³/mol. The fourth-order valence-electron chi connectivity index (χ4n) is 3.56. The lowest BCUT2D eigenvalue weighted by Gasteiger charge is -2.22. The molecule has 0 saturated carbocycles. The number of likely N-dealkylation sites (tertiary alicyclic amines) is 1. The molecule has 0 bridgehead atoms. The minimum absolute atomic E-state index is 0.0573. The number of hydrogen-bond donors (Lipinski definition) is 2. The fraction of sp³-hybridized carbons (Fsp3) is 0.500. The van der Waals surface area contributed by atoms with E-state index < -0.39 is 0 Å². The largest absolute Gasteiger partial charge is 0.395 e. The molecule has 134 valence electrons. The summed E-state index contributed by atoms with van der Waals surface area (Å²) < 4.78 is 0. The number of aliphatic hydroxyl groups is 1. The summed E-state index contributed by atoms with van der Waals surface area (Å²) in [6.45, 7) is 4.93. The van der Waals surface area contributed by atoms with Crippen LogP contribution in [0, 0.1) is 6.92 Å². The summed E-state index contributed by atoms with van der Waals surface area (Å²) in [6, 6.07) is 10.0. The third kappa shape index (κ3) is 4.35. The smallest absolute Gasteiger partial charge is 0.253 e. The topological polar surface area (TPSA) is 65.5 Å². The maximum Gasteiger partial charge on any atom is 0.253 e. The van der Waals surface area contributed by atoms with Crippen molar-refractivity contribution in [3.8, 4) is 0 Å². The van der Waals surface area contributed by atoms with Gasteiger partial charge in [0.05, 0.1) is 17.7 Å². The number of benzene rings is 1. The van der Waals surface area contributed by atoms with Gasteiger partial charge in [0.2, 0.25) is 0 Å². The van der Waals surface area contributed by atoms with Crippen molar-refractivity contribution in [3.05, 3.63) is 41.6 Å². The van der Waals surface area contributed by atoms with Gasteiger partial charge in [0.1, 0.15) is 0 Å². The van der Waals surface area contributed by atoms with Crippen LogP contribution in [0.25, 0.3) is 10.9 Å². The van der Waals surface area contributed by atoms with Crippen LogP contribution in [-0.2, 0) is 0 Å². The second-order valence-electron chi connectivity index (χ2n) is 6.81. The lowest BCUT2D eigenvalue weighted by Crippen LogP contribution is -2.33. The lowest BCUT2D eigenvalue weighted by molar-refractivity contribution is 0.0953. The zero-order valence-electron chi connectivity index (χ0n) is 14.9. The standard InChI is InChI=1S/C20H27N3O2/c1-15-9-10-16-6-4-8-18(19(16)22-15)20(25)21-11-2-3-12-23-13-5-7-17(23)14-24/h4,6,8-10,17,24H,2-3,5,7,11-14H2,1H3,(H,21,25). The Kier molecular flexibility index (Phi) is 6.00. The van der Waals surface area contributed by atoms with Gasteiger partial charge < -0.3 is 10.4 Å². The van der Waals surface area contributed by atoms with E-state index in [4.69, 9.17) is 0 Å². The number of aromatic nitrogens is 1. The van der Waals surface area contributed by atoms with E-state index in [0.717, 1.165) is 48.9 Å². The molecule has 2 N–H and O–H groups in total. The number of rotatable bonds is 7. The van der Waals surface area contributed by atoms with Crippen LogP contribution in [0.3, 0.4) is 0 Å². The molecule has 1 fully saturated rings. The van der Waals surface area contributed by atoms with E-state index in [1.165, 1.54) is 6.42 Å². The van der Waals surface area contributed by atoms with Crippen LogP contribution in [0.1, 0.15) is 41.7 Å². The summed E-state index contributed by atoms with van der Waals surface area (Å²) in [5.74, 6) is -0.0573. The van der Waals surface area contributed by atoms with E-state index in [2.05, 4.69) is 15.2 Å². The molecule has 1 aromatic carbocycles. The maximum absolute atomic E-state index is 12.5. The molecule has 2 aromatic rings. The van der Waals surface area contributed by atoms with Crippen LogP contribution in [0.2, 0.25) is 0 Å². The van der Waals surface area contributed by atoms with Crippen molar-refractivity contribution in [2.45, 2.75) is 38.6 Å². The van der Waals surface area contributed by atoms with Gasteiger partial charge in [-0.3, -0.25) is 14.7 Å². The summed E-state index contributed by atoms with van der Waals surface area (Å²) >= 11 is 0. The van der Waals surface area contributed by atoms with Crippen molar-refractivity contribution in [2.24, 2.45) is 0 Å². The van der Waals surface area contributed by atoms with E-state index in [9.17, 15) is 9.90 Å². The monoisotopic (exact) mass is 341 g/mol. The number of amides is 1. The molecule has 0 aliphatic carbocycles.